The van der Waals surface area contributed by atoms with Crippen molar-refractivity contribution in [1.82, 2.24) is 9.55 Å². The number of carbonyl (C=O) groups excluding carboxylic acids is 1. The molecule has 128 valence electrons. The van der Waals surface area contributed by atoms with Crippen molar-refractivity contribution in [2.24, 2.45) is 0 Å². The molecule has 0 aliphatic carbocycles. The number of ether oxygens (including phenoxy) is 1. The maximum absolute atomic E-state index is 13.0. The van der Waals surface area contributed by atoms with Gasteiger partial charge in [0.05, 0.1) is 13.2 Å². The number of hydrogen-bond acceptors (Lipinski definition) is 4. The molecule has 2 rings (SSSR count). The highest BCUT2D eigenvalue weighted by atomic mass is 19.3. The number of alkyl halides is 2. The van der Waals surface area contributed by atoms with Crippen LogP contribution in [0.2, 0.25) is 0 Å². The van der Waals surface area contributed by atoms with Crippen molar-refractivity contribution in [2.45, 2.75) is 26.8 Å². The molecule has 0 saturated carbocycles. The third-order valence-corrected chi connectivity index (χ3v) is 3.61. The number of nitrogens with zero attached hydrogens (tertiary/aromatic N) is 1. The SMILES string of the molecule is CCOC(=O)c1c[nH]c(=O)n(Cc2cccc(C(F)F)c2C)c1=O. The lowest BCUT2D eigenvalue weighted by Crippen LogP contribution is -2.38. The Hall–Kier alpha value is -2.77. The molecule has 0 bridgehead atoms. The molecule has 0 spiro atoms. The molecule has 0 fully saturated rings. The lowest BCUT2D eigenvalue weighted by atomic mass is 10.0. The number of aromatic amines is 1. The van der Waals surface area contributed by atoms with E-state index in [9.17, 15) is 23.2 Å². The molecule has 8 heteroatoms. The van der Waals surface area contributed by atoms with Gasteiger partial charge in [0.1, 0.15) is 5.56 Å². The fraction of sp³-hybridized carbons (Fsp3) is 0.312. The lowest BCUT2D eigenvalue weighted by Gasteiger charge is -2.12. The number of hydrogen-bond donors (Lipinski definition) is 1. The van der Waals surface area contributed by atoms with Crippen LogP contribution in [0.5, 0.6) is 0 Å². The second kappa shape index (κ2) is 7.20. The Morgan fingerprint density at radius 2 is 2.04 bits per heavy atom. The Kier molecular flexibility index (Phi) is 5.28. The van der Waals surface area contributed by atoms with E-state index < -0.39 is 23.6 Å². The molecule has 0 radical (unpaired) electrons. The van der Waals surface area contributed by atoms with Gasteiger partial charge in [-0.3, -0.25) is 9.36 Å². The first kappa shape index (κ1) is 17.6. The Labute approximate surface area is 135 Å². The first-order chi connectivity index (χ1) is 11.4. The van der Waals surface area contributed by atoms with Crippen LogP contribution in [0.4, 0.5) is 8.78 Å². The van der Waals surface area contributed by atoms with E-state index >= 15 is 0 Å². The topological polar surface area (TPSA) is 81.2 Å². The molecule has 1 heterocycles. The van der Waals surface area contributed by atoms with Gasteiger partial charge in [0, 0.05) is 11.8 Å². The zero-order valence-corrected chi connectivity index (χ0v) is 13.1. The molecular weight excluding hydrogens is 322 g/mol. The third kappa shape index (κ3) is 3.42. The molecule has 0 unspecified atom stereocenters. The van der Waals surface area contributed by atoms with Crippen molar-refractivity contribution in [1.29, 1.82) is 0 Å². The standard InChI is InChI=1S/C16H16F2N2O4/c1-3-24-15(22)12-7-19-16(23)20(14(12)21)8-10-5-4-6-11(9(10)2)13(17)18/h4-7,13H,3,8H2,1-2H3,(H,19,23). The highest BCUT2D eigenvalue weighted by molar-refractivity contribution is 5.88. The molecule has 6 nitrogen and oxygen atoms in total. The van der Waals surface area contributed by atoms with Gasteiger partial charge in [-0.05, 0) is 25.0 Å². The number of benzene rings is 1. The minimum atomic E-state index is -2.66. The maximum Gasteiger partial charge on any atom is 0.345 e. The lowest BCUT2D eigenvalue weighted by molar-refractivity contribution is 0.0522. The molecule has 0 aliphatic rings. The Bertz CT molecular complexity index is 871. The van der Waals surface area contributed by atoms with Gasteiger partial charge in [0.2, 0.25) is 0 Å². The Morgan fingerprint density at radius 3 is 2.67 bits per heavy atom. The van der Waals surface area contributed by atoms with Crippen LogP contribution in [0.1, 0.15) is 40.4 Å². The van der Waals surface area contributed by atoms with Crippen LogP contribution < -0.4 is 11.2 Å². The fourth-order valence-electron chi connectivity index (χ4n) is 2.29. The van der Waals surface area contributed by atoms with E-state index in [4.69, 9.17) is 4.74 Å². The summed E-state index contributed by atoms with van der Waals surface area (Å²) >= 11 is 0. The summed E-state index contributed by atoms with van der Waals surface area (Å²) in [6.07, 6.45) is -1.67. The quantitative estimate of drug-likeness (QED) is 0.846. The molecule has 1 aromatic heterocycles. The number of H-pyrrole nitrogens is 1. The van der Waals surface area contributed by atoms with E-state index in [-0.39, 0.29) is 24.3 Å². The zero-order valence-electron chi connectivity index (χ0n) is 13.1. The predicted molar refractivity (Wildman–Crippen MR) is 82.5 cm³/mol. The molecule has 1 N–H and O–H groups in total. The summed E-state index contributed by atoms with van der Waals surface area (Å²) in [6.45, 7) is 2.92. The summed E-state index contributed by atoms with van der Waals surface area (Å²) in [5, 5.41) is 0. The highest BCUT2D eigenvalue weighted by Gasteiger charge is 2.18. The second-order valence-electron chi connectivity index (χ2n) is 5.05. The molecule has 0 amide bonds. The minimum absolute atomic E-state index is 0.0763. The van der Waals surface area contributed by atoms with Crippen molar-refractivity contribution in [2.75, 3.05) is 6.61 Å². The number of halogens is 2. The number of aromatic nitrogens is 2. The van der Waals surface area contributed by atoms with E-state index in [1.807, 2.05) is 0 Å². The van der Waals surface area contributed by atoms with Crippen molar-refractivity contribution in [3.05, 3.63) is 67.5 Å². The van der Waals surface area contributed by atoms with Crippen LogP contribution in [0.3, 0.4) is 0 Å². The van der Waals surface area contributed by atoms with E-state index in [1.54, 1.807) is 13.0 Å². The van der Waals surface area contributed by atoms with Gasteiger partial charge in [-0.25, -0.2) is 18.4 Å². The van der Waals surface area contributed by atoms with Crippen molar-refractivity contribution >= 4 is 5.97 Å². The van der Waals surface area contributed by atoms with Crippen molar-refractivity contribution in [3.8, 4) is 0 Å². The van der Waals surface area contributed by atoms with E-state index in [1.165, 1.54) is 19.1 Å². The molecule has 0 aliphatic heterocycles. The molecular formula is C16H16F2N2O4. The predicted octanol–water partition coefficient (Wildman–Crippen LogP) is 2.01. The van der Waals surface area contributed by atoms with Crippen molar-refractivity contribution < 1.29 is 18.3 Å². The van der Waals surface area contributed by atoms with Crippen LogP contribution in [0, 0.1) is 6.92 Å². The summed E-state index contributed by atoms with van der Waals surface area (Å²) < 4.78 is 31.5. The maximum atomic E-state index is 13.0. The van der Waals surface area contributed by atoms with Gasteiger partial charge in [0.25, 0.3) is 12.0 Å². The number of rotatable bonds is 5. The number of nitrogens with one attached hydrogen (secondary N) is 1. The Balaban J connectivity index is 2.50. The summed E-state index contributed by atoms with van der Waals surface area (Å²) in [5.41, 5.74) is -1.38. The summed E-state index contributed by atoms with van der Waals surface area (Å²) in [6, 6.07) is 4.26. The zero-order chi connectivity index (χ0) is 17.9. The molecule has 0 saturated heterocycles. The first-order valence-corrected chi connectivity index (χ1v) is 7.23. The van der Waals surface area contributed by atoms with Gasteiger partial charge >= 0.3 is 11.7 Å². The van der Waals surface area contributed by atoms with Gasteiger partial charge in [-0.1, -0.05) is 18.2 Å². The summed E-state index contributed by atoms with van der Waals surface area (Å²) in [7, 11) is 0. The van der Waals surface area contributed by atoms with Crippen LogP contribution >= 0.6 is 0 Å². The normalized spacial score (nSPS) is 10.9. The van der Waals surface area contributed by atoms with Gasteiger partial charge in [-0.15, -0.1) is 0 Å². The molecule has 0 atom stereocenters. The molecule has 1 aromatic carbocycles. The monoisotopic (exact) mass is 338 g/mol. The van der Waals surface area contributed by atoms with E-state index in [0.717, 1.165) is 10.8 Å². The second-order valence-corrected chi connectivity index (χ2v) is 5.05. The summed E-state index contributed by atoms with van der Waals surface area (Å²) in [4.78, 5) is 38.3. The van der Waals surface area contributed by atoms with E-state index in [0.29, 0.717) is 11.1 Å². The number of carbonyl (C=O) groups is 1. The van der Waals surface area contributed by atoms with Crippen LogP contribution in [0.15, 0.2) is 34.0 Å². The summed E-state index contributed by atoms with van der Waals surface area (Å²) in [5.74, 6) is -0.856. The minimum Gasteiger partial charge on any atom is -0.462 e. The average Bonchev–Trinajstić information content (AvgIpc) is 2.52. The van der Waals surface area contributed by atoms with Gasteiger partial charge in [-0.2, -0.15) is 0 Å². The van der Waals surface area contributed by atoms with Crippen LogP contribution in [0.25, 0.3) is 0 Å². The van der Waals surface area contributed by atoms with Crippen LogP contribution in [-0.4, -0.2) is 22.1 Å². The van der Waals surface area contributed by atoms with Gasteiger partial charge in [0.15, 0.2) is 0 Å². The fourth-order valence-corrected chi connectivity index (χ4v) is 2.29. The van der Waals surface area contributed by atoms with Crippen molar-refractivity contribution in [3.63, 3.8) is 0 Å². The number of esters is 1. The third-order valence-electron chi connectivity index (χ3n) is 3.61. The smallest absolute Gasteiger partial charge is 0.345 e. The molecule has 24 heavy (non-hydrogen) atoms. The average molecular weight is 338 g/mol. The molecule has 2 aromatic rings. The Morgan fingerprint density at radius 1 is 1.33 bits per heavy atom. The largest absolute Gasteiger partial charge is 0.462 e. The van der Waals surface area contributed by atoms with E-state index in [2.05, 4.69) is 4.98 Å². The van der Waals surface area contributed by atoms with Gasteiger partial charge < -0.3 is 9.72 Å². The van der Waals surface area contributed by atoms with Crippen LogP contribution in [-0.2, 0) is 11.3 Å². The first-order valence-electron chi connectivity index (χ1n) is 7.23. The highest BCUT2D eigenvalue weighted by Crippen LogP contribution is 2.24.